The maximum absolute atomic E-state index is 12.2. The summed E-state index contributed by atoms with van der Waals surface area (Å²) in [4.78, 5) is 11.5. The highest BCUT2D eigenvalue weighted by Gasteiger charge is 2.24. The Morgan fingerprint density at radius 1 is 1.18 bits per heavy atom. The van der Waals surface area contributed by atoms with E-state index >= 15 is 0 Å². The number of rotatable bonds is 9. The molecule has 0 aliphatic rings. The maximum Gasteiger partial charge on any atom is 0.323 e. The Hall–Kier alpha value is -1.64. The predicted molar refractivity (Wildman–Crippen MR) is 80.2 cm³/mol. The van der Waals surface area contributed by atoms with E-state index in [1.165, 1.54) is 19.2 Å². The summed E-state index contributed by atoms with van der Waals surface area (Å²) >= 11 is 0. The lowest BCUT2D eigenvalue weighted by Gasteiger charge is -2.15. The molecule has 0 bridgehead atoms. The van der Waals surface area contributed by atoms with Crippen molar-refractivity contribution in [2.75, 3.05) is 27.4 Å². The predicted octanol–water partition coefficient (Wildman–Crippen LogP) is 0.942. The molecule has 0 aliphatic heterocycles. The number of nitrogens with one attached hydrogen (secondary N) is 1. The van der Waals surface area contributed by atoms with E-state index in [1.807, 2.05) is 0 Å². The number of benzene rings is 1. The summed E-state index contributed by atoms with van der Waals surface area (Å²) in [7, 11) is -1.02. The van der Waals surface area contributed by atoms with Crippen LogP contribution in [0.2, 0.25) is 0 Å². The molecule has 0 aliphatic carbocycles. The standard InChI is InChI=1S/C14H21NO6S/c1-4-13(14(16)20-3)15-22(17,18)12-7-5-11(6-8-12)21-10-9-19-2/h5-8,13,15H,4,9-10H2,1-3H3/t13-/m1/s1. The van der Waals surface area contributed by atoms with Crippen LogP contribution in [0, 0.1) is 0 Å². The van der Waals surface area contributed by atoms with Crippen LogP contribution in [0.15, 0.2) is 29.2 Å². The van der Waals surface area contributed by atoms with Gasteiger partial charge in [0.25, 0.3) is 0 Å². The van der Waals surface area contributed by atoms with Crippen molar-refractivity contribution in [3.05, 3.63) is 24.3 Å². The van der Waals surface area contributed by atoms with Crippen molar-refractivity contribution in [3.63, 3.8) is 0 Å². The van der Waals surface area contributed by atoms with Crippen LogP contribution in [0.3, 0.4) is 0 Å². The average Bonchev–Trinajstić information content (AvgIpc) is 2.52. The van der Waals surface area contributed by atoms with Gasteiger partial charge in [0.1, 0.15) is 18.4 Å². The zero-order valence-electron chi connectivity index (χ0n) is 12.9. The minimum absolute atomic E-state index is 0.0499. The van der Waals surface area contributed by atoms with Crippen molar-refractivity contribution < 1.29 is 27.4 Å². The van der Waals surface area contributed by atoms with Crippen LogP contribution >= 0.6 is 0 Å². The summed E-state index contributed by atoms with van der Waals surface area (Å²) in [6.45, 7) is 2.51. The number of hydrogen-bond donors (Lipinski definition) is 1. The summed E-state index contributed by atoms with van der Waals surface area (Å²) in [5.74, 6) is -0.0818. The Morgan fingerprint density at radius 3 is 2.32 bits per heavy atom. The van der Waals surface area contributed by atoms with Gasteiger partial charge < -0.3 is 14.2 Å². The summed E-state index contributed by atoms with van der Waals surface area (Å²) in [6.07, 6.45) is 0.296. The van der Waals surface area contributed by atoms with Crippen LogP contribution < -0.4 is 9.46 Å². The topological polar surface area (TPSA) is 90.9 Å². The summed E-state index contributed by atoms with van der Waals surface area (Å²) in [6, 6.07) is 5.00. The van der Waals surface area contributed by atoms with E-state index in [2.05, 4.69) is 9.46 Å². The molecule has 1 atom stereocenters. The lowest BCUT2D eigenvalue weighted by atomic mass is 10.2. The fraction of sp³-hybridized carbons (Fsp3) is 0.500. The summed E-state index contributed by atoms with van der Waals surface area (Å²) in [5.41, 5.74) is 0. The molecule has 0 saturated heterocycles. The molecule has 1 aromatic rings. The molecule has 0 aromatic heterocycles. The molecule has 1 rings (SSSR count). The first-order valence-corrected chi connectivity index (χ1v) is 8.25. The Bertz CT molecular complexity index is 570. The second-order valence-corrected chi connectivity index (χ2v) is 6.13. The van der Waals surface area contributed by atoms with E-state index in [1.54, 1.807) is 26.2 Å². The van der Waals surface area contributed by atoms with Crippen molar-refractivity contribution in [1.82, 2.24) is 4.72 Å². The molecule has 1 N–H and O–H groups in total. The molecule has 8 heteroatoms. The molecule has 7 nitrogen and oxygen atoms in total. The van der Waals surface area contributed by atoms with Crippen molar-refractivity contribution in [2.24, 2.45) is 0 Å². The number of methoxy groups -OCH3 is 2. The van der Waals surface area contributed by atoms with Crippen molar-refractivity contribution in [3.8, 4) is 5.75 Å². The van der Waals surface area contributed by atoms with Crippen LogP contribution in [0.4, 0.5) is 0 Å². The zero-order chi connectivity index (χ0) is 16.6. The molecule has 0 radical (unpaired) electrons. The lowest BCUT2D eigenvalue weighted by molar-refractivity contribution is -0.142. The first-order chi connectivity index (χ1) is 10.4. The Labute approximate surface area is 130 Å². The maximum atomic E-state index is 12.2. The molecule has 1 aromatic carbocycles. The third kappa shape index (κ3) is 5.28. The molecule has 0 spiro atoms. The Morgan fingerprint density at radius 2 is 1.82 bits per heavy atom. The van der Waals surface area contributed by atoms with Gasteiger partial charge in [0, 0.05) is 7.11 Å². The molecular weight excluding hydrogens is 310 g/mol. The highest BCUT2D eigenvalue weighted by atomic mass is 32.2. The minimum atomic E-state index is -3.80. The van der Waals surface area contributed by atoms with Gasteiger partial charge in [-0.15, -0.1) is 0 Å². The van der Waals surface area contributed by atoms with E-state index in [4.69, 9.17) is 9.47 Å². The van der Waals surface area contributed by atoms with E-state index in [0.717, 1.165) is 0 Å². The molecule has 0 unspecified atom stereocenters. The average molecular weight is 331 g/mol. The van der Waals surface area contributed by atoms with Crippen LogP contribution in [0.5, 0.6) is 5.75 Å². The smallest absolute Gasteiger partial charge is 0.323 e. The summed E-state index contributed by atoms with van der Waals surface area (Å²) < 4.78 is 41.5. The van der Waals surface area contributed by atoms with Gasteiger partial charge in [-0.2, -0.15) is 4.72 Å². The van der Waals surface area contributed by atoms with E-state index < -0.39 is 22.0 Å². The first kappa shape index (κ1) is 18.4. The summed E-state index contributed by atoms with van der Waals surface area (Å²) in [5, 5.41) is 0. The molecular formula is C14H21NO6S. The van der Waals surface area contributed by atoms with Gasteiger partial charge >= 0.3 is 5.97 Å². The van der Waals surface area contributed by atoms with Crippen LogP contribution in [-0.2, 0) is 24.3 Å². The lowest BCUT2D eigenvalue weighted by Crippen LogP contribution is -2.40. The van der Waals surface area contributed by atoms with Gasteiger partial charge in [-0.25, -0.2) is 8.42 Å². The van der Waals surface area contributed by atoms with Gasteiger partial charge in [0.15, 0.2) is 0 Å². The second kappa shape index (κ2) is 8.72. The number of carbonyl (C=O) groups excluding carboxylic acids is 1. The first-order valence-electron chi connectivity index (χ1n) is 6.76. The quantitative estimate of drug-likeness (QED) is 0.535. The SMILES string of the molecule is CC[C@@H](NS(=O)(=O)c1ccc(OCCOC)cc1)C(=O)OC. The second-order valence-electron chi connectivity index (χ2n) is 4.42. The molecule has 22 heavy (non-hydrogen) atoms. The third-order valence-corrected chi connectivity index (χ3v) is 4.37. The highest BCUT2D eigenvalue weighted by molar-refractivity contribution is 7.89. The van der Waals surface area contributed by atoms with Crippen molar-refractivity contribution in [2.45, 2.75) is 24.3 Å². The van der Waals surface area contributed by atoms with Crippen molar-refractivity contribution >= 4 is 16.0 Å². The largest absolute Gasteiger partial charge is 0.491 e. The Balaban J connectivity index is 2.78. The number of sulfonamides is 1. The van der Waals surface area contributed by atoms with Crippen LogP contribution in [0.25, 0.3) is 0 Å². The van der Waals surface area contributed by atoms with E-state index in [-0.39, 0.29) is 4.90 Å². The third-order valence-electron chi connectivity index (χ3n) is 2.88. The van der Waals surface area contributed by atoms with E-state index in [0.29, 0.717) is 25.4 Å². The minimum Gasteiger partial charge on any atom is -0.491 e. The molecule has 0 fully saturated rings. The van der Waals surface area contributed by atoms with Crippen molar-refractivity contribution in [1.29, 1.82) is 0 Å². The number of esters is 1. The van der Waals surface area contributed by atoms with E-state index in [9.17, 15) is 13.2 Å². The molecule has 0 heterocycles. The van der Waals surface area contributed by atoms with Gasteiger partial charge in [0.2, 0.25) is 10.0 Å². The number of ether oxygens (including phenoxy) is 3. The van der Waals surface area contributed by atoms with Gasteiger partial charge in [-0.05, 0) is 30.7 Å². The highest BCUT2D eigenvalue weighted by Crippen LogP contribution is 2.16. The van der Waals surface area contributed by atoms with Crippen LogP contribution in [-0.4, -0.2) is 47.9 Å². The number of carbonyl (C=O) groups is 1. The monoisotopic (exact) mass is 331 g/mol. The van der Waals surface area contributed by atoms with Gasteiger partial charge in [-0.3, -0.25) is 4.79 Å². The van der Waals surface area contributed by atoms with Crippen LogP contribution in [0.1, 0.15) is 13.3 Å². The normalized spacial score (nSPS) is 12.7. The van der Waals surface area contributed by atoms with Gasteiger partial charge in [0.05, 0.1) is 18.6 Å². The Kier molecular flexibility index (Phi) is 7.30. The van der Waals surface area contributed by atoms with Gasteiger partial charge in [-0.1, -0.05) is 6.92 Å². The molecule has 0 amide bonds. The molecule has 0 saturated carbocycles. The number of hydrogen-bond acceptors (Lipinski definition) is 6. The fourth-order valence-electron chi connectivity index (χ4n) is 1.65. The fourth-order valence-corrected chi connectivity index (χ4v) is 2.92. The zero-order valence-corrected chi connectivity index (χ0v) is 13.7. The molecule has 124 valence electrons.